The normalized spacial score (nSPS) is 16.8. The van der Waals surface area contributed by atoms with Gasteiger partial charge in [-0.3, -0.25) is 9.80 Å². The van der Waals surface area contributed by atoms with Crippen molar-refractivity contribution in [2.45, 2.75) is 19.1 Å². The fourth-order valence-corrected chi connectivity index (χ4v) is 3.48. The number of aliphatic hydroxyl groups is 1. The second-order valence-electron chi connectivity index (χ2n) is 7.13. The molecule has 1 atom stereocenters. The highest BCUT2D eigenvalue weighted by molar-refractivity contribution is 5.34. The summed E-state index contributed by atoms with van der Waals surface area (Å²) in [5.41, 5.74) is 2.46. The molecule has 1 unspecified atom stereocenters. The van der Waals surface area contributed by atoms with Crippen LogP contribution in [0.5, 0.6) is 5.75 Å². The van der Waals surface area contributed by atoms with Gasteiger partial charge in [0.05, 0.1) is 0 Å². The van der Waals surface area contributed by atoms with Crippen LogP contribution in [0.15, 0.2) is 67.3 Å². The van der Waals surface area contributed by atoms with Crippen molar-refractivity contribution in [2.75, 3.05) is 39.3 Å². The van der Waals surface area contributed by atoms with Crippen molar-refractivity contribution in [3.05, 3.63) is 78.4 Å². The summed E-state index contributed by atoms with van der Waals surface area (Å²) in [5, 5.41) is 10.4. The van der Waals surface area contributed by atoms with Gasteiger partial charge >= 0.3 is 0 Å². The van der Waals surface area contributed by atoms with Crippen LogP contribution in [0.4, 0.5) is 0 Å². The van der Waals surface area contributed by atoms with Crippen LogP contribution in [0.25, 0.3) is 0 Å². The average molecular weight is 367 g/mol. The number of piperazine rings is 1. The van der Waals surface area contributed by atoms with E-state index in [0.29, 0.717) is 13.2 Å². The van der Waals surface area contributed by atoms with Gasteiger partial charge in [0.15, 0.2) is 0 Å². The monoisotopic (exact) mass is 366 g/mol. The molecule has 0 aliphatic carbocycles. The molecule has 1 aliphatic rings. The lowest BCUT2D eigenvalue weighted by Crippen LogP contribution is -2.48. The van der Waals surface area contributed by atoms with Gasteiger partial charge in [-0.05, 0) is 23.6 Å². The molecule has 144 valence electrons. The van der Waals surface area contributed by atoms with Gasteiger partial charge in [-0.15, -0.1) is 6.58 Å². The summed E-state index contributed by atoms with van der Waals surface area (Å²) in [4.78, 5) is 4.80. The Morgan fingerprint density at radius 3 is 2.37 bits per heavy atom. The SMILES string of the molecule is C=CCc1ccccc1OCC(O)CN1CCN(Cc2ccccc2)CC1. The van der Waals surface area contributed by atoms with E-state index in [1.165, 1.54) is 5.56 Å². The lowest BCUT2D eigenvalue weighted by Gasteiger charge is -2.35. The van der Waals surface area contributed by atoms with E-state index in [2.05, 4.69) is 46.7 Å². The molecule has 4 nitrogen and oxygen atoms in total. The number of hydrogen-bond acceptors (Lipinski definition) is 4. The summed E-state index contributed by atoms with van der Waals surface area (Å²) in [6, 6.07) is 18.5. The van der Waals surface area contributed by atoms with Gasteiger partial charge < -0.3 is 9.84 Å². The third kappa shape index (κ3) is 6.21. The first kappa shape index (κ1) is 19.6. The molecule has 0 aromatic heterocycles. The molecule has 3 rings (SSSR count). The number of ether oxygens (including phenoxy) is 1. The number of rotatable bonds is 9. The average Bonchev–Trinajstić information content (AvgIpc) is 2.70. The number of nitrogens with zero attached hydrogens (tertiary/aromatic N) is 2. The van der Waals surface area contributed by atoms with Crippen molar-refractivity contribution in [1.82, 2.24) is 9.80 Å². The second kappa shape index (κ2) is 10.3. The maximum atomic E-state index is 10.4. The molecule has 1 N–H and O–H groups in total. The highest BCUT2D eigenvalue weighted by Crippen LogP contribution is 2.19. The number of allylic oxidation sites excluding steroid dienone is 1. The van der Waals surface area contributed by atoms with Gasteiger partial charge in [0, 0.05) is 39.3 Å². The van der Waals surface area contributed by atoms with E-state index in [9.17, 15) is 5.11 Å². The van der Waals surface area contributed by atoms with E-state index >= 15 is 0 Å². The summed E-state index contributed by atoms with van der Waals surface area (Å²) in [5.74, 6) is 0.837. The number of hydrogen-bond donors (Lipinski definition) is 1. The summed E-state index contributed by atoms with van der Waals surface area (Å²) in [7, 11) is 0. The third-order valence-electron chi connectivity index (χ3n) is 4.95. The smallest absolute Gasteiger partial charge is 0.122 e. The minimum atomic E-state index is -0.484. The molecule has 1 heterocycles. The Balaban J connectivity index is 1.39. The maximum absolute atomic E-state index is 10.4. The predicted molar refractivity (Wildman–Crippen MR) is 110 cm³/mol. The van der Waals surface area contributed by atoms with E-state index in [1.807, 2.05) is 30.3 Å². The van der Waals surface area contributed by atoms with Gasteiger partial charge in [0.2, 0.25) is 0 Å². The minimum absolute atomic E-state index is 0.318. The number of β-amino-alcohol motifs (C(OH)–C–C–N with tert-alkyl or cyclic N) is 1. The molecule has 2 aromatic carbocycles. The van der Waals surface area contributed by atoms with Crippen molar-refractivity contribution >= 4 is 0 Å². The standard InChI is InChI=1S/C23H30N2O2/c1-2-8-21-11-6-7-12-23(21)27-19-22(26)18-25-15-13-24(14-16-25)17-20-9-4-3-5-10-20/h2-7,9-12,22,26H,1,8,13-19H2. The molecule has 0 spiro atoms. The minimum Gasteiger partial charge on any atom is -0.491 e. The van der Waals surface area contributed by atoms with Crippen molar-refractivity contribution in [1.29, 1.82) is 0 Å². The zero-order chi connectivity index (χ0) is 18.9. The summed E-state index contributed by atoms with van der Waals surface area (Å²) in [6.07, 6.45) is 2.16. The topological polar surface area (TPSA) is 35.9 Å². The van der Waals surface area contributed by atoms with Crippen LogP contribution < -0.4 is 4.74 Å². The molecule has 4 heteroatoms. The Labute approximate surface area is 162 Å². The zero-order valence-electron chi connectivity index (χ0n) is 16.0. The molecule has 0 saturated carbocycles. The lowest BCUT2D eigenvalue weighted by atomic mass is 10.1. The second-order valence-corrected chi connectivity index (χ2v) is 7.13. The predicted octanol–water partition coefficient (Wildman–Crippen LogP) is 2.97. The molecular formula is C23H30N2O2. The zero-order valence-corrected chi connectivity index (χ0v) is 16.0. The first-order chi connectivity index (χ1) is 13.2. The molecule has 0 amide bonds. The summed E-state index contributed by atoms with van der Waals surface area (Å²) >= 11 is 0. The molecule has 0 radical (unpaired) electrons. The lowest BCUT2D eigenvalue weighted by molar-refractivity contribution is 0.0444. The van der Waals surface area contributed by atoms with Gasteiger partial charge in [-0.25, -0.2) is 0 Å². The van der Waals surface area contributed by atoms with Crippen molar-refractivity contribution in [3.8, 4) is 5.75 Å². The molecular weight excluding hydrogens is 336 g/mol. The number of para-hydroxylation sites is 1. The van der Waals surface area contributed by atoms with Crippen LogP contribution in [0.1, 0.15) is 11.1 Å². The van der Waals surface area contributed by atoms with Crippen LogP contribution >= 0.6 is 0 Å². The quantitative estimate of drug-likeness (QED) is 0.692. The van der Waals surface area contributed by atoms with E-state index in [0.717, 1.165) is 50.5 Å². The van der Waals surface area contributed by atoms with E-state index < -0.39 is 6.10 Å². The molecule has 1 aliphatic heterocycles. The molecule has 2 aromatic rings. The van der Waals surface area contributed by atoms with Crippen molar-refractivity contribution < 1.29 is 9.84 Å². The fraction of sp³-hybridized carbons (Fsp3) is 0.391. The molecule has 1 fully saturated rings. The van der Waals surface area contributed by atoms with E-state index in [-0.39, 0.29) is 0 Å². The molecule has 1 saturated heterocycles. The van der Waals surface area contributed by atoms with Crippen molar-refractivity contribution in [3.63, 3.8) is 0 Å². The summed E-state index contributed by atoms with van der Waals surface area (Å²) in [6.45, 7) is 9.79. The Kier molecular flexibility index (Phi) is 7.45. The maximum Gasteiger partial charge on any atom is 0.122 e. The Morgan fingerprint density at radius 1 is 0.963 bits per heavy atom. The van der Waals surface area contributed by atoms with Crippen LogP contribution in [-0.4, -0.2) is 60.3 Å². The fourth-order valence-electron chi connectivity index (χ4n) is 3.48. The van der Waals surface area contributed by atoms with E-state index in [4.69, 9.17) is 4.74 Å². The number of benzene rings is 2. The summed E-state index contributed by atoms with van der Waals surface area (Å²) < 4.78 is 5.86. The highest BCUT2D eigenvalue weighted by Gasteiger charge is 2.19. The van der Waals surface area contributed by atoms with Crippen LogP contribution in [0.3, 0.4) is 0 Å². The Hall–Kier alpha value is -2.14. The molecule has 0 bridgehead atoms. The van der Waals surface area contributed by atoms with Crippen molar-refractivity contribution in [2.24, 2.45) is 0 Å². The van der Waals surface area contributed by atoms with Gasteiger partial charge in [-0.2, -0.15) is 0 Å². The van der Waals surface area contributed by atoms with Gasteiger partial charge in [0.1, 0.15) is 18.5 Å². The van der Waals surface area contributed by atoms with Gasteiger partial charge in [0.25, 0.3) is 0 Å². The van der Waals surface area contributed by atoms with Crippen LogP contribution in [0, 0.1) is 0 Å². The first-order valence-electron chi connectivity index (χ1n) is 9.73. The largest absolute Gasteiger partial charge is 0.491 e. The Bertz CT molecular complexity index is 697. The van der Waals surface area contributed by atoms with E-state index in [1.54, 1.807) is 0 Å². The van der Waals surface area contributed by atoms with Crippen LogP contribution in [-0.2, 0) is 13.0 Å². The Morgan fingerprint density at radius 2 is 1.63 bits per heavy atom. The number of aliphatic hydroxyl groups excluding tert-OH is 1. The van der Waals surface area contributed by atoms with Gasteiger partial charge in [-0.1, -0.05) is 54.6 Å². The molecule has 27 heavy (non-hydrogen) atoms. The highest BCUT2D eigenvalue weighted by atomic mass is 16.5. The first-order valence-corrected chi connectivity index (χ1v) is 9.73. The van der Waals surface area contributed by atoms with Crippen LogP contribution in [0.2, 0.25) is 0 Å². The third-order valence-corrected chi connectivity index (χ3v) is 4.95.